The molecule has 15 heavy (non-hydrogen) atoms. The average Bonchev–Trinajstić information content (AvgIpc) is 2.90. The van der Waals surface area contributed by atoms with Crippen LogP contribution in [0.5, 0.6) is 0 Å². The Hall–Kier alpha value is -0.600. The molecule has 0 aromatic carbocycles. The summed E-state index contributed by atoms with van der Waals surface area (Å²) in [5.41, 5.74) is 0. The van der Waals surface area contributed by atoms with Gasteiger partial charge in [-0.25, -0.2) is 0 Å². The first kappa shape index (κ1) is 10.9. The smallest absolute Gasteiger partial charge is 0.0278 e. The van der Waals surface area contributed by atoms with Gasteiger partial charge in [0.1, 0.15) is 0 Å². The van der Waals surface area contributed by atoms with Crippen molar-refractivity contribution < 1.29 is 0 Å². The van der Waals surface area contributed by atoms with Crippen LogP contribution in [0.3, 0.4) is 0 Å². The van der Waals surface area contributed by atoms with Gasteiger partial charge in [0.25, 0.3) is 0 Å². The maximum Gasteiger partial charge on any atom is 0.0278 e. The third kappa shape index (κ3) is 2.70. The molecule has 2 heteroatoms. The lowest BCUT2D eigenvalue weighted by Gasteiger charge is -2.12. The molecule has 2 heterocycles. The zero-order valence-corrected chi connectivity index (χ0v) is 10.6. The number of unbranched alkanes of at least 4 members (excludes halogenated alkanes) is 1. The average molecular weight is 236 g/mol. The van der Waals surface area contributed by atoms with E-state index in [4.69, 9.17) is 0 Å². The van der Waals surface area contributed by atoms with E-state index >= 15 is 0 Å². The van der Waals surface area contributed by atoms with Crippen molar-refractivity contribution in [1.82, 2.24) is 0 Å². The quantitative estimate of drug-likeness (QED) is 0.675. The summed E-state index contributed by atoms with van der Waals surface area (Å²) < 4.78 is 0. The highest BCUT2D eigenvalue weighted by Crippen LogP contribution is 2.34. The number of hydrogen-bond donors (Lipinski definition) is 0. The van der Waals surface area contributed by atoms with Gasteiger partial charge in [-0.2, -0.15) is 0 Å². The molecule has 0 aliphatic heterocycles. The van der Waals surface area contributed by atoms with E-state index in [2.05, 4.69) is 41.9 Å². The first-order valence-corrected chi connectivity index (χ1v) is 7.24. The van der Waals surface area contributed by atoms with Crippen LogP contribution in [0.2, 0.25) is 0 Å². The van der Waals surface area contributed by atoms with E-state index in [1.54, 1.807) is 0 Å². The molecule has 0 saturated carbocycles. The summed E-state index contributed by atoms with van der Waals surface area (Å²) in [7, 11) is 0. The van der Waals surface area contributed by atoms with Crippen LogP contribution in [-0.2, 0) is 0 Å². The fourth-order valence-electron chi connectivity index (χ4n) is 1.81. The molecule has 0 fully saturated rings. The zero-order chi connectivity index (χ0) is 10.5. The monoisotopic (exact) mass is 236 g/mol. The van der Waals surface area contributed by atoms with Crippen LogP contribution in [0.25, 0.3) is 0 Å². The van der Waals surface area contributed by atoms with Crippen LogP contribution in [0.1, 0.15) is 41.9 Å². The third-order valence-electron chi connectivity index (χ3n) is 2.62. The van der Waals surface area contributed by atoms with Gasteiger partial charge in [-0.3, -0.25) is 0 Å². The van der Waals surface area contributed by atoms with Gasteiger partial charge >= 0.3 is 0 Å². The van der Waals surface area contributed by atoms with Gasteiger partial charge in [-0.15, -0.1) is 22.7 Å². The lowest BCUT2D eigenvalue weighted by Crippen LogP contribution is -1.96. The van der Waals surface area contributed by atoms with E-state index in [9.17, 15) is 0 Å². The van der Waals surface area contributed by atoms with Crippen molar-refractivity contribution in [2.45, 2.75) is 32.1 Å². The highest BCUT2D eigenvalue weighted by molar-refractivity contribution is 7.11. The standard InChI is InChI=1S/C13H16S2/c1-2-3-6-11(12-7-4-9-14-12)13-8-5-10-15-13/h4-5,7-11H,2-3,6H2,1H3. The third-order valence-corrected chi connectivity index (χ3v) is 4.59. The highest BCUT2D eigenvalue weighted by atomic mass is 32.1. The lowest BCUT2D eigenvalue weighted by atomic mass is 9.99. The maximum atomic E-state index is 2.27. The van der Waals surface area contributed by atoms with Crippen molar-refractivity contribution in [3.63, 3.8) is 0 Å². The van der Waals surface area contributed by atoms with Gasteiger partial charge in [0.2, 0.25) is 0 Å². The zero-order valence-electron chi connectivity index (χ0n) is 8.98. The van der Waals surface area contributed by atoms with Gasteiger partial charge in [0.15, 0.2) is 0 Å². The van der Waals surface area contributed by atoms with Crippen molar-refractivity contribution in [3.05, 3.63) is 44.8 Å². The van der Waals surface area contributed by atoms with Crippen LogP contribution in [-0.4, -0.2) is 0 Å². The fourth-order valence-corrected chi connectivity index (χ4v) is 3.65. The predicted octanol–water partition coefficient (Wildman–Crippen LogP) is 5.13. The molecular formula is C13H16S2. The van der Waals surface area contributed by atoms with Crippen molar-refractivity contribution in [3.8, 4) is 0 Å². The number of hydrogen-bond acceptors (Lipinski definition) is 2. The van der Waals surface area contributed by atoms with Crippen LogP contribution < -0.4 is 0 Å². The summed E-state index contributed by atoms with van der Waals surface area (Å²) in [5, 5.41) is 4.36. The molecule has 0 aliphatic rings. The number of rotatable bonds is 5. The van der Waals surface area contributed by atoms with Gasteiger partial charge in [-0.05, 0) is 29.3 Å². The molecule has 0 atom stereocenters. The Kier molecular flexibility index (Phi) is 3.98. The highest BCUT2D eigenvalue weighted by Gasteiger charge is 2.15. The molecule has 0 nitrogen and oxygen atoms in total. The molecule has 0 saturated heterocycles. The first-order valence-electron chi connectivity index (χ1n) is 5.48. The Labute approximate surface area is 99.6 Å². The SMILES string of the molecule is CCCCC(c1cccs1)c1cccs1. The maximum absolute atomic E-state index is 2.27. The predicted molar refractivity (Wildman–Crippen MR) is 70.0 cm³/mol. The minimum absolute atomic E-state index is 0.643. The second-order valence-corrected chi connectivity index (χ2v) is 5.68. The van der Waals surface area contributed by atoms with Gasteiger partial charge < -0.3 is 0 Å². The van der Waals surface area contributed by atoms with Crippen LogP contribution in [0, 0.1) is 0 Å². The van der Waals surface area contributed by atoms with E-state index in [1.807, 2.05) is 22.7 Å². The van der Waals surface area contributed by atoms with Crippen molar-refractivity contribution in [1.29, 1.82) is 0 Å². The van der Waals surface area contributed by atoms with Crippen LogP contribution in [0.4, 0.5) is 0 Å². The summed E-state index contributed by atoms with van der Waals surface area (Å²) in [5.74, 6) is 0.643. The Bertz CT molecular complexity index is 325. The summed E-state index contributed by atoms with van der Waals surface area (Å²) >= 11 is 3.77. The minimum atomic E-state index is 0.643. The molecule has 2 rings (SSSR count). The molecule has 2 aromatic rings. The molecule has 0 radical (unpaired) electrons. The Morgan fingerprint density at radius 3 is 2.07 bits per heavy atom. The van der Waals surface area contributed by atoms with E-state index < -0.39 is 0 Å². The minimum Gasteiger partial charge on any atom is -0.148 e. The van der Waals surface area contributed by atoms with Crippen LogP contribution in [0.15, 0.2) is 35.0 Å². The second kappa shape index (κ2) is 5.47. The summed E-state index contributed by atoms with van der Waals surface area (Å²) in [6.07, 6.45) is 3.89. The van der Waals surface area contributed by atoms with Crippen molar-refractivity contribution >= 4 is 22.7 Å². The van der Waals surface area contributed by atoms with E-state index in [0.717, 1.165) is 0 Å². The van der Waals surface area contributed by atoms with Gasteiger partial charge in [0.05, 0.1) is 0 Å². The summed E-state index contributed by atoms with van der Waals surface area (Å²) in [4.78, 5) is 3.04. The summed E-state index contributed by atoms with van der Waals surface area (Å²) in [6, 6.07) is 8.86. The number of thiophene rings is 2. The van der Waals surface area contributed by atoms with Crippen molar-refractivity contribution in [2.75, 3.05) is 0 Å². The van der Waals surface area contributed by atoms with Crippen LogP contribution >= 0.6 is 22.7 Å². The molecule has 0 unspecified atom stereocenters. The van der Waals surface area contributed by atoms with E-state index in [-0.39, 0.29) is 0 Å². The fraction of sp³-hybridized carbons (Fsp3) is 0.385. The summed E-state index contributed by atoms with van der Waals surface area (Å²) in [6.45, 7) is 2.26. The largest absolute Gasteiger partial charge is 0.148 e. The molecule has 0 bridgehead atoms. The molecule has 0 amide bonds. The van der Waals surface area contributed by atoms with E-state index in [0.29, 0.717) is 5.92 Å². The molecule has 0 N–H and O–H groups in total. The molecule has 2 aromatic heterocycles. The first-order chi connectivity index (χ1) is 7.42. The molecule has 80 valence electrons. The normalized spacial score (nSPS) is 11.1. The molecule has 0 aliphatic carbocycles. The Morgan fingerprint density at radius 2 is 1.67 bits per heavy atom. The second-order valence-electron chi connectivity index (χ2n) is 3.73. The lowest BCUT2D eigenvalue weighted by molar-refractivity contribution is 0.664. The Balaban J connectivity index is 2.17. The Morgan fingerprint density at radius 1 is 1.07 bits per heavy atom. The topological polar surface area (TPSA) is 0 Å². The van der Waals surface area contributed by atoms with Gasteiger partial charge in [-0.1, -0.05) is 31.9 Å². The van der Waals surface area contributed by atoms with Crippen molar-refractivity contribution in [2.24, 2.45) is 0 Å². The van der Waals surface area contributed by atoms with E-state index in [1.165, 1.54) is 29.0 Å². The molecular weight excluding hydrogens is 220 g/mol. The van der Waals surface area contributed by atoms with Gasteiger partial charge in [0, 0.05) is 15.7 Å². The molecule has 0 spiro atoms.